The number of aliphatic hydroxyl groups excluding tert-OH is 1. The number of carboxylic acid groups (broad SMARTS) is 1. The number of carbonyl (C=O) groups excluding carboxylic acids is 2. The summed E-state index contributed by atoms with van der Waals surface area (Å²) in [4.78, 5) is 45.3. The van der Waals surface area contributed by atoms with Gasteiger partial charge in [-0.25, -0.2) is 9.36 Å². The normalized spacial score (nSPS) is 14.2. The van der Waals surface area contributed by atoms with Crippen LogP contribution in [0, 0.1) is 0 Å². The van der Waals surface area contributed by atoms with Crippen LogP contribution in [0.3, 0.4) is 0 Å². The molecule has 0 heterocycles. The van der Waals surface area contributed by atoms with Crippen molar-refractivity contribution in [3.63, 3.8) is 0 Å². The smallest absolute Gasteiger partial charge is 0.472 e. The summed E-state index contributed by atoms with van der Waals surface area (Å²) in [5.74, 6) is -2.39. The van der Waals surface area contributed by atoms with E-state index in [1.165, 1.54) is 57.8 Å². The van der Waals surface area contributed by atoms with Crippen LogP contribution < -0.4 is 5.32 Å². The average molecular weight is 678 g/mol. The standard InChI is InChI=1S/C34H64NO10P/c1-3-5-7-9-10-11-12-13-14-15-16-17-18-19-20-22-23-25-32(37)35-31(34(39)40)29-45-46(41,42)44-28-30(36)27-43-33(38)26-24-21-8-6-4-2/h13-14,30-31,36H,3-12,15-29H2,1-2H3,(H,35,37)(H,39,40)(H,41,42)/b14-13-. The Morgan fingerprint density at radius 1 is 0.674 bits per heavy atom. The first-order chi connectivity index (χ1) is 22.1. The minimum atomic E-state index is -4.73. The van der Waals surface area contributed by atoms with E-state index in [9.17, 15) is 34.1 Å². The molecule has 0 aliphatic carbocycles. The lowest BCUT2D eigenvalue weighted by molar-refractivity contribution is -0.147. The highest BCUT2D eigenvalue weighted by molar-refractivity contribution is 7.47. The molecule has 0 radical (unpaired) electrons. The highest BCUT2D eigenvalue weighted by Gasteiger charge is 2.28. The van der Waals surface area contributed by atoms with Crippen LogP contribution in [0.1, 0.15) is 155 Å². The molecule has 270 valence electrons. The van der Waals surface area contributed by atoms with Gasteiger partial charge < -0.3 is 25.2 Å². The first-order valence-electron chi connectivity index (χ1n) is 17.7. The molecular weight excluding hydrogens is 613 g/mol. The van der Waals surface area contributed by atoms with E-state index in [4.69, 9.17) is 9.26 Å². The Hall–Kier alpha value is -1.78. The largest absolute Gasteiger partial charge is 0.480 e. The quantitative estimate of drug-likeness (QED) is 0.0233. The summed E-state index contributed by atoms with van der Waals surface area (Å²) in [5.41, 5.74) is 0. The summed E-state index contributed by atoms with van der Waals surface area (Å²) < 4.78 is 26.5. The fourth-order valence-corrected chi connectivity index (χ4v) is 5.49. The Labute approximate surface area is 277 Å². The number of carbonyl (C=O) groups is 3. The third-order valence-corrected chi connectivity index (χ3v) is 8.51. The number of aliphatic carboxylic acids is 1. The lowest BCUT2D eigenvalue weighted by atomic mass is 10.1. The molecule has 46 heavy (non-hydrogen) atoms. The molecule has 0 aromatic carbocycles. The van der Waals surface area contributed by atoms with Crippen molar-refractivity contribution in [2.75, 3.05) is 19.8 Å². The second kappa shape index (κ2) is 30.5. The van der Waals surface area contributed by atoms with Crippen LogP contribution >= 0.6 is 7.82 Å². The third-order valence-electron chi connectivity index (χ3n) is 7.55. The summed E-state index contributed by atoms with van der Waals surface area (Å²) in [6.45, 7) is 2.45. The van der Waals surface area contributed by atoms with E-state index in [1.807, 2.05) is 0 Å². The van der Waals surface area contributed by atoms with E-state index in [-0.39, 0.29) is 12.8 Å². The van der Waals surface area contributed by atoms with Crippen LogP contribution in [0.25, 0.3) is 0 Å². The van der Waals surface area contributed by atoms with E-state index < -0.39 is 57.6 Å². The number of phosphoric ester groups is 1. The van der Waals surface area contributed by atoms with Crippen molar-refractivity contribution in [2.24, 2.45) is 0 Å². The van der Waals surface area contributed by atoms with Crippen molar-refractivity contribution in [2.45, 2.75) is 167 Å². The molecule has 12 heteroatoms. The first-order valence-corrected chi connectivity index (χ1v) is 19.2. The van der Waals surface area contributed by atoms with Crippen LogP contribution in [-0.4, -0.2) is 64.9 Å². The van der Waals surface area contributed by atoms with Crippen molar-refractivity contribution in [1.82, 2.24) is 5.32 Å². The van der Waals surface area contributed by atoms with Gasteiger partial charge in [-0.15, -0.1) is 0 Å². The van der Waals surface area contributed by atoms with Crippen LogP contribution in [-0.2, 0) is 32.7 Å². The Morgan fingerprint density at radius 3 is 1.65 bits per heavy atom. The van der Waals surface area contributed by atoms with Gasteiger partial charge in [0.15, 0.2) is 6.04 Å². The zero-order valence-corrected chi connectivity index (χ0v) is 29.5. The van der Waals surface area contributed by atoms with Gasteiger partial charge in [0.25, 0.3) is 0 Å². The molecule has 0 aromatic rings. The predicted molar refractivity (Wildman–Crippen MR) is 180 cm³/mol. The first kappa shape index (κ1) is 44.2. The van der Waals surface area contributed by atoms with Gasteiger partial charge in [0.1, 0.15) is 12.7 Å². The predicted octanol–water partition coefficient (Wildman–Crippen LogP) is 7.77. The van der Waals surface area contributed by atoms with Crippen molar-refractivity contribution >= 4 is 25.7 Å². The van der Waals surface area contributed by atoms with E-state index in [0.717, 1.165) is 57.8 Å². The van der Waals surface area contributed by atoms with Gasteiger partial charge >= 0.3 is 19.8 Å². The van der Waals surface area contributed by atoms with Crippen molar-refractivity contribution in [1.29, 1.82) is 0 Å². The maximum absolute atomic E-state index is 12.2. The van der Waals surface area contributed by atoms with Crippen LogP contribution in [0.2, 0.25) is 0 Å². The summed E-state index contributed by atoms with van der Waals surface area (Å²) in [6.07, 6.45) is 25.8. The van der Waals surface area contributed by atoms with Gasteiger partial charge in [-0.1, -0.05) is 116 Å². The van der Waals surface area contributed by atoms with Crippen LogP contribution in [0.5, 0.6) is 0 Å². The monoisotopic (exact) mass is 677 g/mol. The summed E-state index contributed by atoms with van der Waals surface area (Å²) in [7, 11) is -4.73. The number of allylic oxidation sites excluding steroid dienone is 2. The number of unbranched alkanes of at least 4 members (excludes halogenated alkanes) is 17. The molecule has 0 aromatic heterocycles. The molecule has 0 saturated carbocycles. The Kier molecular flexibility index (Phi) is 29.4. The number of ether oxygens (including phenoxy) is 1. The molecule has 0 bridgehead atoms. The van der Waals surface area contributed by atoms with Gasteiger partial charge in [0, 0.05) is 12.8 Å². The van der Waals surface area contributed by atoms with Crippen LogP contribution in [0.15, 0.2) is 12.2 Å². The maximum Gasteiger partial charge on any atom is 0.472 e. The SMILES string of the molecule is CCCCCCCC/C=C\CCCCCCCCCC(=O)NC(COP(=O)(O)OCC(O)COC(=O)CCCCCCC)C(=O)O. The van der Waals surface area contributed by atoms with E-state index in [0.29, 0.717) is 12.8 Å². The topological polar surface area (TPSA) is 169 Å². The molecule has 11 nitrogen and oxygen atoms in total. The number of amides is 1. The molecule has 0 rings (SSSR count). The van der Waals surface area contributed by atoms with Crippen LogP contribution in [0.4, 0.5) is 0 Å². The summed E-state index contributed by atoms with van der Waals surface area (Å²) >= 11 is 0. The molecule has 3 atom stereocenters. The summed E-state index contributed by atoms with van der Waals surface area (Å²) in [5, 5.41) is 21.6. The number of aliphatic hydroxyl groups is 1. The summed E-state index contributed by atoms with van der Waals surface area (Å²) in [6, 6.07) is -1.54. The fraction of sp³-hybridized carbons (Fsp3) is 0.853. The molecule has 0 saturated heterocycles. The number of hydrogen-bond donors (Lipinski definition) is 4. The molecule has 1 amide bonds. The lowest BCUT2D eigenvalue weighted by Crippen LogP contribution is -2.43. The minimum absolute atomic E-state index is 0.143. The number of phosphoric acid groups is 1. The second-order valence-electron chi connectivity index (χ2n) is 12.1. The van der Waals surface area contributed by atoms with Gasteiger partial charge in [-0.2, -0.15) is 0 Å². The zero-order valence-electron chi connectivity index (χ0n) is 28.6. The van der Waals surface area contributed by atoms with Crippen molar-refractivity contribution in [3.8, 4) is 0 Å². The third kappa shape index (κ3) is 29.6. The molecule has 4 N–H and O–H groups in total. The van der Waals surface area contributed by atoms with Gasteiger partial charge in [0.05, 0.1) is 13.2 Å². The molecule has 0 spiro atoms. The average Bonchev–Trinajstić information content (AvgIpc) is 3.02. The van der Waals surface area contributed by atoms with E-state index in [2.05, 4.69) is 35.8 Å². The number of rotatable bonds is 33. The van der Waals surface area contributed by atoms with Crippen molar-refractivity contribution in [3.05, 3.63) is 12.2 Å². The number of esters is 1. The molecular formula is C34H64NO10P. The highest BCUT2D eigenvalue weighted by Crippen LogP contribution is 2.43. The highest BCUT2D eigenvalue weighted by atomic mass is 31.2. The van der Waals surface area contributed by atoms with Gasteiger partial charge in [-0.05, 0) is 38.5 Å². The van der Waals surface area contributed by atoms with Crippen molar-refractivity contribution < 1.29 is 47.8 Å². The molecule has 0 aliphatic heterocycles. The molecule has 3 unspecified atom stereocenters. The Bertz CT molecular complexity index is 854. The van der Waals surface area contributed by atoms with E-state index in [1.54, 1.807) is 0 Å². The number of hydrogen-bond acceptors (Lipinski definition) is 8. The Balaban J connectivity index is 3.96. The fourth-order valence-electron chi connectivity index (χ4n) is 4.72. The number of carboxylic acids is 1. The van der Waals surface area contributed by atoms with Gasteiger partial charge in [0.2, 0.25) is 5.91 Å². The molecule has 0 fully saturated rings. The minimum Gasteiger partial charge on any atom is -0.480 e. The number of nitrogens with one attached hydrogen (secondary N) is 1. The second-order valence-corrected chi connectivity index (χ2v) is 13.5. The lowest BCUT2D eigenvalue weighted by Gasteiger charge is -2.18. The zero-order chi connectivity index (χ0) is 34.3. The maximum atomic E-state index is 12.2. The van der Waals surface area contributed by atoms with Gasteiger partial charge in [-0.3, -0.25) is 18.6 Å². The Morgan fingerprint density at radius 2 is 1.13 bits per heavy atom. The van der Waals surface area contributed by atoms with E-state index >= 15 is 0 Å². The molecule has 0 aliphatic rings.